The summed E-state index contributed by atoms with van der Waals surface area (Å²) in [5, 5.41) is 11.3. The summed E-state index contributed by atoms with van der Waals surface area (Å²) < 4.78 is 9.61. The Hall–Kier alpha value is -2.24. The first-order valence-electron chi connectivity index (χ1n) is 4.73. The fraction of sp³-hybridized carbons (Fsp3) is 0.200. The molecule has 0 aliphatic carbocycles. The highest BCUT2D eigenvalue weighted by molar-refractivity contribution is 5.87. The Morgan fingerprint density at radius 3 is 3.06 bits per heavy atom. The molecule has 0 N–H and O–H groups in total. The van der Waals surface area contributed by atoms with Gasteiger partial charge in [0.25, 0.3) is 0 Å². The van der Waals surface area contributed by atoms with Gasteiger partial charge in [-0.05, 0) is 19.1 Å². The highest BCUT2D eigenvalue weighted by atomic mass is 16.6. The lowest BCUT2D eigenvalue weighted by atomic mass is 10.3. The smallest absolute Gasteiger partial charge is 0.377 e. The van der Waals surface area contributed by atoms with Crippen LogP contribution in [-0.2, 0) is 4.74 Å². The molecule has 16 heavy (non-hydrogen) atoms. The van der Waals surface area contributed by atoms with E-state index in [4.69, 9.17) is 9.26 Å². The molecule has 0 fully saturated rings. The molecule has 0 aromatic carbocycles. The van der Waals surface area contributed by atoms with E-state index in [1.807, 2.05) is 0 Å². The van der Waals surface area contributed by atoms with Gasteiger partial charge < -0.3 is 9.26 Å². The molecule has 6 nitrogen and oxygen atoms in total. The largest absolute Gasteiger partial charge is 0.460 e. The lowest BCUT2D eigenvalue weighted by molar-refractivity contribution is 0.0480. The van der Waals surface area contributed by atoms with Gasteiger partial charge in [-0.3, -0.25) is 0 Å². The number of ether oxygens (including phenoxy) is 1. The predicted molar refractivity (Wildman–Crippen MR) is 53.5 cm³/mol. The summed E-state index contributed by atoms with van der Waals surface area (Å²) in [6.45, 7) is 2.01. The quantitative estimate of drug-likeness (QED) is 0.724. The van der Waals surface area contributed by atoms with E-state index < -0.39 is 5.97 Å². The SMILES string of the molecule is CCOC(=O)c1cc(-c2cccnn2)no1. The van der Waals surface area contributed by atoms with Crippen LogP contribution in [0.3, 0.4) is 0 Å². The average Bonchev–Trinajstić information content (AvgIpc) is 2.80. The molecule has 0 aliphatic heterocycles. The van der Waals surface area contributed by atoms with Gasteiger partial charge in [0.1, 0.15) is 11.4 Å². The minimum atomic E-state index is -0.537. The second-order valence-electron chi connectivity index (χ2n) is 2.91. The Morgan fingerprint density at radius 1 is 1.50 bits per heavy atom. The topological polar surface area (TPSA) is 78.1 Å². The Labute approximate surface area is 91.2 Å². The Balaban J connectivity index is 2.23. The molecule has 82 valence electrons. The van der Waals surface area contributed by atoms with Crippen LogP contribution in [0.5, 0.6) is 0 Å². The summed E-state index contributed by atoms with van der Waals surface area (Å²) in [6, 6.07) is 4.92. The average molecular weight is 219 g/mol. The standard InChI is InChI=1S/C10H9N3O3/c1-2-15-10(14)9-6-8(13-16-9)7-4-3-5-11-12-7/h3-6H,2H2,1H3. The monoisotopic (exact) mass is 219 g/mol. The molecule has 0 radical (unpaired) electrons. The molecule has 2 rings (SSSR count). The van der Waals surface area contributed by atoms with Crippen LogP contribution in [-0.4, -0.2) is 27.9 Å². The van der Waals surface area contributed by atoms with Crippen LogP contribution >= 0.6 is 0 Å². The van der Waals surface area contributed by atoms with E-state index in [9.17, 15) is 4.79 Å². The number of hydrogen-bond donors (Lipinski definition) is 0. The zero-order chi connectivity index (χ0) is 11.4. The van der Waals surface area contributed by atoms with Crippen LogP contribution < -0.4 is 0 Å². The van der Waals surface area contributed by atoms with Gasteiger partial charge >= 0.3 is 5.97 Å². The molecular formula is C10H9N3O3. The predicted octanol–water partition coefficient (Wildman–Crippen LogP) is 1.31. The van der Waals surface area contributed by atoms with Gasteiger partial charge in [-0.2, -0.15) is 5.10 Å². The molecule has 0 aliphatic rings. The highest BCUT2D eigenvalue weighted by Gasteiger charge is 2.15. The van der Waals surface area contributed by atoms with Crippen molar-refractivity contribution in [3.63, 3.8) is 0 Å². The zero-order valence-corrected chi connectivity index (χ0v) is 8.58. The van der Waals surface area contributed by atoms with Crippen molar-refractivity contribution < 1.29 is 14.1 Å². The van der Waals surface area contributed by atoms with Crippen LogP contribution in [0, 0.1) is 0 Å². The van der Waals surface area contributed by atoms with Crippen molar-refractivity contribution in [1.29, 1.82) is 0 Å². The van der Waals surface area contributed by atoms with Gasteiger partial charge in [0.15, 0.2) is 0 Å². The van der Waals surface area contributed by atoms with E-state index in [1.165, 1.54) is 6.07 Å². The van der Waals surface area contributed by atoms with E-state index >= 15 is 0 Å². The van der Waals surface area contributed by atoms with Crippen molar-refractivity contribution in [2.75, 3.05) is 6.61 Å². The summed E-state index contributed by atoms with van der Waals surface area (Å²) in [7, 11) is 0. The van der Waals surface area contributed by atoms with Crippen molar-refractivity contribution >= 4 is 5.97 Å². The maximum atomic E-state index is 11.3. The summed E-state index contributed by atoms with van der Waals surface area (Å²) >= 11 is 0. The number of rotatable bonds is 3. The van der Waals surface area contributed by atoms with E-state index in [-0.39, 0.29) is 5.76 Å². The van der Waals surface area contributed by atoms with Crippen LogP contribution in [0.2, 0.25) is 0 Å². The minimum absolute atomic E-state index is 0.0579. The van der Waals surface area contributed by atoms with E-state index in [0.29, 0.717) is 18.0 Å². The normalized spacial score (nSPS) is 10.1. The fourth-order valence-corrected chi connectivity index (χ4v) is 1.13. The van der Waals surface area contributed by atoms with Crippen LogP contribution in [0.1, 0.15) is 17.5 Å². The van der Waals surface area contributed by atoms with E-state index in [0.717, 1.165) is 0 Å². The molecule has 6 heteroatoms. The molecule has 0 saturated carbocycles. The van der Waals surface area contributed by atoms with Crippen LogP contribution in [0.15, 0.2) is 28.9 Å². The van der Waals surface area contributed by atoms with Crippen LogP contribution in [0.4, 0.5) is 0 Å². The van der Waals surface area contributed by atoms with Gasteiger partial charge in [0.05, 0.1) is 6.61 Å². The third-order valence-electron chi connectivity index (χ3n) is 1.82. The van der Waals surface area contributed by atoms with Gasteiger partial charge in [0, 0.05) is 12.3 Å². The first kappa shape index (κ1) is 10.3. The highest BCUT2D eigenvalue weighted by Crippen LogP contribution is 2.15. The Bertz CT molecular complexity index is 481. The maximum absolute atomic E-state index is 11.3. The van der Waals surface area contributed by atoms with Gasteiger partial charge in [-0.1, -0.05) is 5.16 Å². The summed E-state index contributed by atoms with van der Waals surface area (Å²) in [4.78, 5) is 11.3. The first-order valence-corrected chi connectivity index (χ1v) is 4.73. The molecule has 0 spiro atoms. The van der Waals surface area contributed by atoms with Crippen molar-refractivity contribution in [2.24, 2.45) is 0 Å². The molecule has 0 amide bonds. The Morgan fingerprint density at radius 2 is 2.38 bits per heavy atom. The minimum Gasteiger partial charge on any atom is -0.460 e. The summed E-state index contributed by atoms with van der Waals surface area (Å²) in [6.07, 6.45) is 1.55. The molecule has 0 atom stereocenters. The molecule has 0 bridgehead atoms. The molecule has 2 aromatic rings. The molecule has 0 unspecified atom stereocenters. The summed E-state index contributed by atoms with van der Waals surface area (Å²) in [5.74, 6) is -0.479. The van der Waals surface area contributed by atoms with Gasteiger partial charge in [0.2, 0.25) is 5.76 Å². The van der Waals surface area contributed by atoms with Crippen molar-refractivity contribution in [3.8, 4) is 11.4 Å². The summed E-state index contributed by atoms with van der Waals surface area (Å²) in [5.41, 5.74) is 0.998. The van der Waals surface area contributed by atoms with E-state index in [2.05, 4.69) is 15.4 Å². The van der Waals surface area contributed by atoms with Gasteiger partial charge in [-0.25, -0.2) is 4.79 Å². The number of hydrogen-bond acceptors (Lipinski definition) is 6. The molecular weight excluding hydrogens is 210 g/mol. The number of nitrogens with zero attached hydrogens (tertiary/aromatic N) is 3. The second kappa shape index (κ2) is 4.52. The first-order chi connectivity index (χ1) is 7.81. The maximum Gasteiger partial charge on any atom is 0.377 e. The van der Waals surface area contributed by atoms with E-state index in [1.54, 1.807) is 25.3 Å². The number of carbonyl (C=O) groups excluding carboxylic acids is 1. The van der Waals surface area contributed by atoms with Crippen molar-refractivity contribution in [3.05, 3.63) is 30.2 Å². The second-order valence-corrected chi connectivity index (χ2v) is 2.91. The third-order valence-corrected chi connectivity index (χ3v) is 1.82. The fourth-order valence-electron chi connectivity index (χ4n) is 1.13. The number of esters is 1. The zero-order valence-electron chi connectivity index (χ0n) is 8.58. The van der Waals surface area contributed by atoms with Crippen molar-refractivity contribution in [1.82, 2.24) is 15.4 Å². The lowest BCUT2D eigenvalue weighted by Gasteiger charge is -1.94. The number of carbonyl (C=O) groups is 1. The molecule has 0 saturated heterocycles. The number of aromatic nitrogens is 3. The molecule has 2 aromatic heterocycles. The lowest BCUT2D eigenvalue weighted by Crippen LogP contribution is -2.02. The van der Waals surface area contributed by atoms with Crippen molar-refractivity contribution in [2.45, 2.75) is 6.92 Å². The third kappa shape index (κ3) is 2.05. The Kier molecular flexibility index (Phi) is 2.90. The van der Waals surface area contributed by atoms with Crippen LogP contribution in [0.25, 0.3) is 11.4 Å². The molecule has 2 heterocycles. The van der Waals surface area contributed by atoms with Gasteiger partial charge in [-0.15, -0.1) is 5.10 Å².